The first-order valence-corrected chi connectivity index (χ1v) is 7.40. The van der Waals surface area contributed by atoms with Gasteiger partial charge in [-0.1, -0.05) is 25.4 Å². The van der Waals surface area contributed by atoms with Gasteiger partial charge >= 0.3 is 5.97 Å². The summed E-state index contributed by atoms with van der Waals surface area (Å²) in [7, 11) is 0. The van der Waals surface area contributed by atoms with E-state index in [0.29, 0.717) is 0 Å². The lowest BCUT2D eigenvalue weighted by atomic mass is 10.0. The number of nitriles is 1. The van der Waals surface area contributed by atoms with E-state index in [-0.39, 0.29) is 16.5 Å². The largest absolute Gasteiger partial charge is 0.446 e. The summed E-state index contributed by atoms with van der Waals surface area (Å²) in [5.41, 5.74) is -0.427. The molecule has 9 heteroatoms. The van der Waals surface area contributed by atoms with Crippen molar-refractivity contribution in [3.63, 3.8) is 0 Å². The zero-order valence-corrected chi connectivity index (χ0v) is 14.0. The van der Waals surface area contributed by atoms with Crippen LogP contribution in [0.3, 0.4) is 0 Å². The third-order valence-corrected chi connectivity index (χ3v) is 3.41. The Morgan fingerprint density at radius 2 is 2.00 bits per heavy atom. The standard InChI is InChI=1S/C15H16ClN3O5/c1-8(2)13(15(21)24-9(3)7-17)18-14(20)10-4-5-11(16)12(6-10)19(22)23/h4-6,8-9,13H,1-3H3,(H,18,20)/t9-,13-/m0/s1. The summed E-state index contributed by atoms with van der Waals surface area (Å²) in [6.45, 7) is 4.78. The van der Waals surface area contributed by atoms with Crippen LogP contribution in [-0.2, 0) is 9.53 Å². The Morgan fingerprint density at radius 1 is 1.38 bits per heavy atom. The molecule has 0 heterocycles. The second-order valence-electron chi connectivity index (χ2n) is 5.33. The van der Waals surface area contributed by atoms with Crippen LogP contribution in [0.15, 0.2) is 18.2 Å². The molecule has 8 nitrogen and oxygen atoms in total. The topological polar surface area (TPSA) is 122 Å². The van der Waals surface area contributed by atoms with Crippen LogP contribution in [0.25, 0.3) is 0 Å². The molecule has 0 aliphatic heterocycles. The van der Waals surface area contributed by atoms with Gasteiger partial charge in [0.05, 0.1) is 4.92 Å². The molecule has 24 heavy (non-hydrogen) atoms. The number of nitrogens with one attached hydrogen (secondary N) is 1. The van der Waals surface area contributed by atoms with Crippen LogP contribution >= 0.6 is 11.6 Å². The van der Waals surface area contributed by atoms with Gasteiger partial charge in [0.15, 0.2) is 6.10 Å². The molecule has 1 aromatic carbocycles. The van der Waals surface area contributed by atoms with Crippen molar-refractivity contribution < 1.29 is 19.2 Å². The summed E-state index contributed by atoms with van der Waals surface area (Å²) in [5.74, 6) is -1.75. The summed E-state index contributed by atoms with van der Waals surface area (Å²) in [5, 5.41) is 21.9. The number of nitro groups is 1. The first-order chi connectivity index (χ1) is 11.2. The number of carbonyl (C=O) groups excluding carboxylic acids is 2. The zero-order chi connectivity index (χ0) is 18.4. The van der Waals surface area contributed by atoms with Gasteiger partial charge in [-0.25, -0.2) is 4.79 Å². The average Bonchev–Trinajstić information content (AvgIpc) is 2.51. The van der Waals surface area contributed by atoms with Crippen LogP contribution in [0.2, 0.25) is 5.02 Å². The van der Waals surface area contributed by atoms with E-state index in [1.165, 1.54) is 19.1 Å². The van der Waals surface area contributed by atoms with Crippen molar-refractivity contribution in [1.82, 2.24) is 5.32 Å². The molecule has 0 unspecified atom stereocenters. The average molecular weight is 354 g/mol. The van der Waals surface area contributed by atoms with Crippen molar-refractivity contribution >= 4 is 29.2 Å². The number of nitro benzene ring substituents is 1. The van der Waals surface area contributed by atoms with Crippen LogP contribution in [0.1, 0.15) is 31.1 Å². The fraction of sp³-hybridized carbons (Fsp3) is 0.400. The van der Waals surface area contributed by atoms with Gasteiger partial charge < -0.3 is 10.1 Å². The molecule has 1 N–H and O–H groups in total. The van der Waals surface area contributed by atoms with E-state index in [1.54, 1.807) is 19.9 Å². The maximum Gasteiger partial charge on any atom is 0.330 e. The minimum absolute atomic E-state index is 0.0159. The van der Waals surface area contributed by atoms with E-state index in [1.807, 2.05) is 0 Å². The number of esters is 1. The molecular formula is C15H16ClN3O5. The minimum Gasteiger partial charge on any atom is -0.446 e. The molecule has 0 radical (unpaired) electrons. The fourth-order valence-electron chi connectivity index (χ4n) is 1.79. The van der Waals surface area contributed by atoms with Crippen molar-refractivity contribution in [2.75, 3.05) is 0 Å². The van der Waals surface area contributed by atoms with Crippen molar-refractivity contribution in [2.45, 2.75) is 32.9 Å². The summed E-state index contributed by atoms with van der Waals surface area (Å²) in [4.78, 5) is 34.5. The minimum atomic E-state index is -0.997. The van der Waals surface area contributed by atoms with Gasteiger partial charge in [0, 0.05) is 11.6 Å². The Kier molecular flexibility index (Phi) is 6.68. The lowest BCUT2D eigenvalue weighted by Crippen LogP contribution is -2.46. The lowest BCUT2D eigenvalue weighted by Gasteiger charge is -2.21. The number of halogens is 1. The van der Waals surface area contributed by atoms with Gasteiger partial charge in [-0.2, -0.15) is 5.26 Å². The highest BCUT2D eigenvalue weighted by molar-refractivity contribution is 6.32. The third-order valence-electron chi connectivity index (χ3n) is 3.09. The van der Waals surface area contributed by atoms with E-state index in [2.05, 4.69) is 5.32 Å². The monoisotopic (exact) mass is 353 g/mol. The smallest absolute Gasteiger partial charge is 0.330 e. The lowest BCUT2D eigenvalue weighted by molar-refractivity contribution is -0.384. The number of amides is 1. The number of carbonyl (C=O) groups is 2. The Hall–Kier alpha value is -2.66. The molecular weight excluding hydrogens is 338 g/mol. The molecule has 0 saturated carbocycles. The molecule has 1 amide bonds. The molecule has 0 fully saturated rings. The van der Waals surface area contributed by atoms with Gasteiger partial charge in [0.2, 0.25) is 0 Å². The van der Waals surface area contributed by atoms with Crippen LogP contribution in [0.4, 0.5) is 5.69 Å². The van der Waals surface area contributed by atoms with Gasteiger partial charge in [-0.3, -0.25) is 14.9 Å². The van der Waals surface area contributed by atoms with Gasteiger partial charge in [0.1, 0.15) is 17.1 Å². The predicted octanol–water partition coefficient (Wildman–Crippen LogP) is 2.46. The molecule has 0 spiro atoms. The Balaban J connectivity index is 2.98. The van der Waals surface area contributed by atoms with Crippen LogP contribution in [0, 0.1) is 27.4 Å². The molecule has 0 aliphatic rings. The Labute approximate surface area is 143 Å². The number of nitrogens with zero attached hydrogens (tertiary/aromatic N) is 2. The fourth-order valence-corrected chi connectivity index (χ4v) is 1.98. The highest BCUT2D eigenvalue weighted by atomic mass is 35.5. The summed E-state index contributed by atoms with van der Waals surface area (Å²) < 4.78 is 4.90. The highest BCUT2D eigenvalue weighted by Gasteiger charge is 2.28. The van der Waals surface area contributed by atoms with Crippen LogP contribution in [0.5, 0.6) is 0 Å². The Morgan fingerprint density at radius 3 is 2.50 bits per heavy atom. The van der Waals surface area contributed by atoms with Crippen LogP contribution < -0.4 is 5.32 Å². The molecule has 0 aliphatic carbocycles. The van der Waals surface area contributed by atoms with Crippen molar-refractivity contribution in [3.05, 3.63) is 38.9 Å². The normalized spacial score (nSPS) is 12.8. The SMILES string of the molecule is CC(C)[C@H](NC(=O)c1ccc(Cl)c([N+](=O)[O-])c1)C(=O)O[C@@H](C)C#N. The summed E-state index contributed by atoms with van der Waals surface area (Å²) in [6.07, 6.45) is -0.952. The van der Waals surface area contributed by atoms with Crippen molar-refractivity contribution in [3.8, 4) is 6.07 Å². The summed E-state index contributed by atoms with van der Waals surface area (Å²) >= 11 is 5.70. The molecule has 0 bridgehead atoms. The number of ether oxygens (including phenoxy) is 1. The third kappa shape index (κ3) is 4.93. The van der Waals surface area contributed by atoms with E-state index >= 15 is 0 Å². The van der Waals surface area contributed by atoms with E-state index in [9.17, 15) is 19.7 Å². The summed E-state index contributed by atoms with van der Waals surface area (Å²) in [6, 6.07) is 4.33. The van der Waals surface area contributed by atoms with Gasteiger partial charge in [0.25, 0.3) is 11.6 Å². The molecule has 1 aromatic rings. The predicted molar refractivity (Wildman–Crippen MR) is 85.4 cm³/mol. The maximum absolute atomic E-state index is 12.3. The van der Waals surface area contributed by atoms with E-state index < -0.39 is 34.6 Å². The van der Waals surface area contributed by atoms with E-state index in [4.69, 9.17) is 21.6 Å². The van der Waals surface area contributed by atoms with Crippen molar-refractivity contribution in [2.24, 2.45) is 5.92 Å². The number of hydrogen-bond donors (Lipinski definition) is 1. The first kappa shape index (κ1) is 19.4. The Bertz CT molecular complexity index is 699. The number of rotatable bonds is 6. The maximum atomic E-state index is 12.3. The molecule has 2 atom stereocenters. The molecule has 1 rings (SSSR count). The zero-order valence-electron chi connectivity index (χ0n) is 13.3. The molecule has 128 valence electrons. The van der Waals surface area contributed by atoms with Gasteiger partial charge in [-0.15, -0.1) is 0 Å². The second-order valence-corrected chi connectivity index (χ2v) is 5.73. The number of hydrogen-bond acceptors (Lipinski definition) is 6. The van der Waals surface area contributed by atoms with E-state index in [0.717, 1.165) is 6.07 Å². The first-order valence-electron chi connectivity index (χ1n) is 7.02. The highest BCUT2D eigenvalue weighted by Crippen LogP contribution is 2.25. The second kappa shape index (κ2) is 8.26. The van der Waals surface area contributed by atoms with Crippen molar-refractivity contribution in [1.29, 1.82) is 5.26 Å². The van der Waals surface area contributed by atoms with Crippen LogP contribution in [-0.4, -0.2) is 28.9 Å². The molecule has 0 aromatic heterocycles. The molecule has 0 saturated heterocycles. The number of benzene rings is 1. The van der Waals surface area contributed by atoms with Gasteiger partial charge in [-0.05, 0) is 25.0 Å². The quantitative estimate of drug-likeness (QED) is 0.476.